The molecule has 0 radical (unpaired) electrons. The monoisotopic (exact) mass is 207 g/mol. The third kappa shape index (κ3) is 3.72. The van der Waals surface area contributed by atoms with Gasteiger partial charge in [-0.05, 0) is 30.9 Å². The fourth-order valence-electron chi connectivity index (χ4n) is 1.30. The van der Waals surface area contributed by atoms with E-state index < -0.39 is 0 Å². The number of rotatable bonds is 4. The third-order valence-electron chi connectivity index (χ3n) is 2.06. The van der Waals surface area contributed by atoms with Crippen molar-refractivity contribution in [3.8, 4) is 12.0 Å². The second-order valence-electron chi connectivity index (χ2n) is 3.12. The summed E-state index contributed by atoms with van der Waals surface area (Å²) < 4.78 is 0. The van der Waals surface area contributed by atoms with Crippen LogP contribution in [-0.4, -0.2) is 0 Å². The fraction of sp³-hybridized carbons (Fsp3) is 0.333. The molecule has 0 fully saturated rings. The van der Waals surface area contributed by atoms with Crippen LogP contribution in [0, 0.1) is 12.0 Å². The number of benzene rings is 1. The minimum absolute atomic E-state index is 0.859. The van der Waals surface area contributed by atoms with E-state index in [-0.39, 0.29) is 0 Å². The van der Waals surface area contributed by atoms with Gasteiger partial charge in [0, 0.05) is 17.5 Å². The minimum Gasteiger partial charge on any atom is -0.359 e. The summed E-state index contributed by atoms with van der Waals surface area (Å²) >= 11 is 6.02. The summed E-state index contributed by atoms with van der Waals surface area (Å²) in [6.45, 7) is 0. The lowest BCUT2D eigenvalue weighted by atomic mass is 10.1. The SMILES string of the molecule is NC#CCCCCc1ccccc1Cl. The molecule has 2 N–H and O–H groups in total. The molecule has 1 rings (SSSR count). The fourth-order valence-corrected chi connectivity index (χ4v) is 1.53. The van der Waals surface area contributed by atoms with Gasteiger partial charge in [-0.25, -0.2) is 0 Å². The molecule has 0 saturated carbocycles. The molecule has 74 valence electrons. The van der Waals surface area contributed by atoms with Crippen LogP contribution in [0.25, 0.3) is 0 Å². The van der Waals surface area contributed by atoms with E-state index in [1.54, 1.807) is 0 Å². The van der Waals surface area contributed by atoms with Gasteiger partial charge in [-0.2, -0.15) is 0 Å². The van der Waals surface area contributed by atoms with E-state index in [0.717, 1.165) is 30.7 Å². The lowest BCUT2D eigenvalue weighted by Gasteiger charge is -2.01. The first-order valence-electron chi connectivity index (χ1n) is 4.76. The number of aryl methyl sites for hydroxylation is 1. The van der Waals surface area contributed by atoms with Gasteiger partial charge in [-0.15, -0.1) is 0 Å². The lowest BCUT2D eigenvalue weighted by Crippen LogP contribution is -1.86. The summed E-state index contributed by atoms with van der Waals surface area (Å²) in [6, 6.07) is 10.4. The van der Waals surface area contributed by atoms with Crippen LogP contribution >= 0.6 is 11.6 Å². The third-order valence-corrected chi connectivity index (χ3v) is 2.43. The zero-order valence-corrected chi connectivity index (χ0v) is 8.85. The van der Waals surface area contributed by atoms with Gasteiger partial charge in [-0.3, -0.25) is 0 Å². The van der Waals surface area contributed by atoms with Crippen LogP contribution in [0.5, 0.6) is 0 Å². The summed E-state index contributed by atoms with van der Waals surface area (Å²) in [5.74, 6) is 2.84. The van der Waals surface area contributed by atoms with Crippen molar-refractivity contribution in [2.45, 2.75) is 25.7 Å². The average Bonchev–Trinajstić information content (AvgIpc) is 2.20. The maximum Gasteiger partial charge on any atom is 0.0437 e. The number of nitrogens with two attached hydrogens (primary N) is 1. The second kappa shape index (κ2) is 6.34. The van der Waals surface area contributed by atoms with Gasteiger partial charge in [0.05, 0.1) is 0 Å². The molecule has 0 aliphatic carbocycles. The molecule has 0 unspecified atom stereocenters. The molecule has 0 aliphatic rings. The molecule has 1 aromatic rings. The van der Waals surface area contributed by atoms with Crippen LogP contribution < -0.4 is 5.73 Å². The maximum absolute atomic E-state index is 6.02. The van der Waals surface area contributed by atoms with E-state index in [2.05, 4.69) is 18.0 Å². The Kier molecular flexibility index (Phi) is 4.96. The van der Waals surface area contributed by atoms with Crippen LogP contribution in [-0.2, 0) is 6.42 Å². The lowest BCUT2D eigenvalue weighted by molar-refractivity contribution is 0.756. The van der Waals surface area contributed by atoms with Crippen LogP contribution in [0.1, 0.15) is 24.8 Å². The predicted octanol–water partition coefficient (Wildman–Crippen LogP) is 2.97. The van der Waals surface area contributed by atoms with E-state index in [9.17, 15) is 0 Å². The highest BCUT2D eigenvalue weighted by Gasteiger charge is 1.97. The highest BCUT2D eigenvalue weighted by molar-refractivity contribution is 6.31. The first-order chi connectivity index (χ1) is 6.84. The van der Waals surface area contributed by atoms with Crippen molar-refractivity contribution in [3.05, 3.63) is 34.9 Å². The van der Waals surface area contributed by atoms with Crippen molar-refractivity contribution in [2.24, 2.45) is 5.73 Å². The van der Waals surface area contributed by atoms with Gasteiger partial charge < -0.3 is 5.73 Å². The molecule has 0 amide bonds. The van der Waals surface area contributed by atoms with E-state index >= 15 is 0 Å². The average molecular weight is 208 g/mol. The molecule has 2 heteroatoms. The van der Waals surface area contributed by atoms with Crippen molar-refractivity contribution in [1.82, 2.24) is 0 Å². The van der Waals surface area contributed by atoms with E-state index in [0.29, 0.717) is 0 Å². The van der Waals surface area contributed by atoms with Gasteiger partial charge in [0.25, 0.3) is 0 Å². The zero-order chi connectivity index (χ0) is 10.2. The molecule has 0 heterocycles. The molecule has 0 aromatic heterocycles. The van der Waals surface area contributed by atoms with Gasteiger partial charge in [0.2, 0.25) is 0 Å². The molecule has 0 saturated heterocycles. The molecule has 0 spiro atoms. The van der Waals surface area contributed by atoms with E-state index in [4.69, 9.17) is 17.3 Å². The van der Waals surface area contributed by atoms with Crippen molar-refractivity contribution in [3.63, 3.8) is 0 Å². The minimum atomic E-state index is 0.859. The molecular formula is C12H14ClN. The number of unbranched alkanes of at least 4 members (excludes halogenated alkanes) is 2. The normalized spacial score (nSPS) is 9.21. The van der Waals surface area contributed by atoms with Gasteiger partial charge >= 0.3 is 0 Å². The Bertz CT molecular complexity index is 336. The summed E-state index contributed by atoms with van der Waals surface area (Å²) in [7, 11) is 0. The van der Waals surface area contributed by atoms with Gasteiger partial charge in [-0.1, -0.05) is 35.7 Å². The highest BCUT2D eigenvalue weighted by Crippen LogP contribution is 2.17. The summed E-state index contributed by atoms with van der Waals surface area (Å²) in [5, 5.41) is 0.859. The highest BCUT2D eigenvalue weighted by atomic mass is 35.5. The Morgan fingerprint density at radius 1 is 1.21 bits per heavy atom. The Morgan fingerprint density at radius 2 is 2.00 bits per heavy atom. The Hall–Kier alpha value is -1.13. The first-order valence-corrected chi connectivity index (χ1v) is 5.14. The summed E-state index contributed by atoms with van der Waals surface area (Å²) in [5.41, 5.74) is 6.28. The molecule has 14 heavy (non-hydrogen) atoms. The summed E-state index contributed by atoms with van der Waals surface area (Å²) in [6.07, 6.45) is 4.08. The Balaban J connectivity index is 2.30. The smallest absolute Gasteiger partial charge is 0.0437 e. The standard InChI is InChI=1S/C12H14ClN/c13-12-9-5-4-8-11(12)7-3-1-2-6-10-14/h4-5,8-9H,1-3,7,14H2. The van der Waals surface area contributed by atoms with Crippen molar-refractivity contribution >= 4 is 11.6 Å². The Labute approximate surface area is 90.3 Å². The number of hydrogen-bond donors (Lipinski definition) is 1. The van der Waals surface area contributed by atoms with E-state index in [1.807, 2.05) is 18.2 Å². The van der Waals surface area contributed by atoms with Gasteiger partial charge in [0.15, 0.2) is 0 Å². The first kappa shape index (κ1) is 10.9. The number of halogens is 1. The molecule has 1 nitrogen and oxygen atoms in total. The molecule has 0 aliphatic heterocycles. The second-order valence-corrected chi connectivity index (χ2v) is 3.53. The maximum atomic E-state index is 6.02. The van der Waals surface area contributed by atoms with E-state index in [1.165, 1.54) is 5.56 Å². The largest absolute Gasteiger partial charge is 0.359 e. The molecule has 0 bridgehead atoms. The Morgan fingerprint density at radius 3 is 2.71 bits per heavy atom. The van der Waals surface area contributed by atoms with Crippen molar-refractivity contribution in [1.29, 1.82) is 0 Å². The van der Waals surface area contributed by atoms with Crippen LogP contribution in [0.3, 0.4) is 0 Å². The van der Waals surface area contributed by atoms with Crippen LogP contribution in [0.4, 0.5) is 0 Å². The quantitative estimate of drug-likeness (QED) is 0.459. The molecule has 1 aromatic carbocycles. The molecular weight excluding hydrogens is 194 g/mol. The topological polar surface area (TPSA) is 26.0 Å². The van der Waals surface area contributed by atoms with Crippen molar-refractivity contribution < 1.29 is 0 Å². The number of hydrogen-bond acceptors (Lipinski definition) is 1. The molecule has 0 atom stereocenters. The zero-order valence-electron chi connectivity index (χ0n) is 8.09. The van der Waals surface area contributed by atoms with Gasteiger partial charge in [0.1, 0.15) is 0 Å². The van der Waals surface area contributed by atoms with Crippen LogP contribution in [0.15, 0.2) is 24.3 Å². The van der Waals surface area contributed by atoms with Crippen LogP contribution in [0.2, 0.25) is 5.02 Å². The van der Waals surface area contributed by atoms with Crippen molar-refractivity contribution in [2.75, 3.05) is 0 Å². The predicted molar refractivity (Wildman–Crippen MR) is 61.0 cm³/mol. The summed E-state index contributed by atoms with van der Waals surface area (Å²) in [4.78, 5) is 0.